The topological polar surface area (TPSA) is 99.7 Å². The Morgan fingerprint density at radius 2 is 1.94 bits per heavy atom. The number of carbonyl (C=O) groups excluding carboxylic acids is 2. The molecule has 0 bridgehead atoms. The Kier molecular flexibility index (Phi) is 6.61. The van der Waals surface area contributed by atoms with Crippen LogP contribution in [0.4, 0.5) is 0 Å². The zero-order chi connectivity index (χ0) is 22.0. The molecule has 166 valence electrons. The normalized spacial score (nSPS) is 19.8. The van der Waals surface area contributed by atoms with Gasteiger partial charge in [-0.05, 0) is 49.9 Å². The molecule has 0 aliphatic carbocycles. The third-order valence-electron chi connectivity index (χ3n) is 5.49. The van der Waals surface area contributed by atoms with Crippen LogP contribution in [0.15, 0.2) is 35.4 Å². The summed E-state index contributed by atoms with van der Waals surface area (Å²) < 4.78 is 28.8. The van der Waals surface area contributed by atoms with Crippen LogP contribution in [0.25, 0.3) is 10.6 Å². The summed E-state index contributed by atoms with van der Waals surface area (Å²) in [5.74, 6) is -0.442. The van der Waals surface area contributed by atoms with Gasteiger partial charge < -0.3 is 9.80 Å². The van der Waals surface area contributed by atoms with E-state index in [1.165, 1.54) is 28.5 Å². The number of likely N-dealkylation sites (tertiary alicyclic amines) is 2. The Labute approximate surface area is 190 Å². The number of hydrogen-bond donors (Lipinski definition) is 1. The first-order valence-corrected chi connectivity index (χ1v) is 12.8. The fraction of sp³-hybridized carbons (Fsp3) is 0.450. The Balaban J connectivity index is 1.42. The minimum atomic E-state index is -3.93. The lowest BCUT2D eigenvalue weighted by Crippen LogP contribution is -2.54. The van der Waals surface area contributed by atoms with Gasteiger partial charge in [-0.25, -0.2) is 8.42 Å². The largest absolute Gasteiger partial charge is 0.341 e. The molecule has 2 aliphatic heterocycles. The minimum absolute atomic E-state index is 0.00329. The third kappa shape index (κ3) is 5.08. The fourth-order valence-electron chi connectivity index (χ4n) is 3.83. The number of carbonyl (C=O) groups is 2. The van der Waals surface area contributed by atoms with Crippen molar-refractivity contribution in [3.63, 3.8) is 0 Å². The first kappa shape index (κ1) is 22.2. The summed E-state index contributed by atoms with van der Waals surface area (Å²) in [5.41, 5.74) is 0.621. The van der Waals surface area contributed by atoms with Gasteiger partial charge in [0.25, 0.3) is 0 Å². The first-order valence-electron chi connectivity index (χ1n) is 10.1. The average Bonchev–Trinajstić information content (AvgIpc) is 3.43. The highest BCUT2D eigenvalue weighted by atomic mass is 35.5. The summed E-state index contributed by atoms with van der Waals surface area (Å²) in [6.07, 6.45) is 4.25. The quantitative estimate of drug-likeness (QED) is 0.681. The average molecular weight is 483 g/mol. The number of sulfonamides is 1. The number of amides is 2. The number of piperidine rings is 1. The second-order valence-electron chi connectivity index (χ2n) is 7.65. The lowest BCUT2D eigenvalue weighted by molar-refractivity contribution is -0.142. The predicted octanol–water partition coefficient (Wildman–Crippen LogP) is 2.36. The molecule has 2 saturated heterocycles. The van der Waals surface area contributed by atoms with Crippen molar-refractivity contribution < 1.29 is 18.0 Å². The van der Waals surface area contributed by atoms with E-state index in [1.54, 1.807) is 17.0 Å². The summed E-state index contributed by atoms with van der Waals surface area (Å²) >= 11 is 7.30. The van der Waals surface area contributed by atoms with Gasteiger partial charge in [-0.15, -0.1) is 11.3 Å². The zero-order valence-corrected chi connectivity index (χ0v) is 19.2. The second-order valence-corrected chi connectivity index (χ2v) is 11.1. The molecule has 2 fully saturated rings. The van der Waals surface area contributed by atoms with Crippen LogP contribution in [0.3, 0.4) is 0 Å². The highest BCUT2D eigenvalue weighted by Crippen LogP contribution is 2.30. The van der Waals surface area contributed by atoms with Gasteiger partial charge in [-0.1, -0.05) is 11.6 Å². The highest BCUT2D eigenvalue weighted by molar-refractivity contribution is 7.89. The van der Waals surface area contributed by atoms with Gasteiger partial charge in [0, 0.05) is 25.8 Å². The molecule has 8 nitrogen and oxygen atoms in total. The molecule has 1 atom stereocenters. The van der Waals surface area contributed by atoms with Crippen LogP contribution < -0.4 is 4.72 Å². The molecule has 1 N–H and O–H groups in total. The Morgan fingerprint density at radius 3 is 2.58 bits per heavy atom. The van der Waals surface area contributed by atoms with Crippen molar-refractivity contribution in [3.05, 3.63) is 34.8 Å². The SMILES string of the molecule is O=C(CN1CCC[C@H](NS(=O)(=O)c2ccc(-c3ccc(Cl)s3)nc2)C1=O)N1CCCC1. The molecule has 2 aromatic rings. The molecule has 2 amide bonds. The fourth-order valence-corrected chi connectivity index (χ4v) is 6.02. The van der Waals surface area contributed by atoms with Crippen LogP contribution in [-0.2, 0) is 19.6 Å². The van der Waals surface area contributed by atoms with Gasteiger partial charge in [-0.2, -0.15) is 4.72 Å². The molecular weight excluding hydrogens is 460 g/mol. The Hall–Kier alpha value is -2.01. The van der Waals surface area contributed by atoms with Crippen LogP contribution in [0.1, 0.15) is 25.7 Å². The van der Waals surface area contributed by atoms with Crippen molar-refractivity contribution >= 4 is 44.8 Å². The van der Waals surface area contributed by atoms with E-state index in [2.05, 4.69) is 9.71 Å². The smallest absolute Gasteiger partial charge is 0.242 e. The maximum atomic E-state index is 12.8. The van der Waals surface area contributed by atoms with E-state index in [0.29, 0.717) is 29.4 Å². The summed E-state index contributed by atoms with van der Waals surface area (Å²) in [6.45, 7) is 1.89. The molecule has 0 unspecified atom stereocenters. The number of thiophene rings is 1. The van der Waals surface area contributed by atoms with Crippen LogP contribution in [0.2, 0.25) is 4.34 Å². The lowest BCUT2D eigenvalue weighted by atomic mass is 10.1. The summed E-state index contributed by atoms with van der Waals surface area (Å²) in [7, 11) is -3.93. The molecule has 4 rings (SSSR count). The summed E-state index contributed by atoms with van der Waals surface area (Å²) in [4.78, 5) is 33.5. The molecular formula is C20H23ClN4O4S2. The van der Waals surface area contributed by atoms with Crippen LogP contribution in [0, 0.1) is 0 Å². The van der Waals surface area contributed by atoms with Crippen molar-refractivity contribution in [1.29, 1.82) is 0 Å². The number of halogens is 1. The Bertz CT molecular complexity index is 1070. The zero-order valence-electron chi connectivity index (χ0n) is 16.8. The maximum absolute atomic E-state index is 12.8. The van der Waals surface area contributed by atoms with E-state index in [9.17, 15) is 18.0 Å². The molecule has 11 heteroatoms. The van der Waals surface area contributed by atoms with E-state index >= 15 is 0 Å². The van der Waals surface area contributed by atoms with E-state index in [4.69, 9.17) is 11.6 Å². The molecule has 2 aliphatic rings. The van der Waals surface area contributed by atoms with Gasteiger partial charge >= 0.3 is 0 Å². The Morgan fingerprint density at radius 1 is 1.16 bits per heavy atom. The lowest BCUT2D eigenvalue weighted by Gasteiger charge is -2.33. The number of rotatable bonds is 6. The van der Waals surface area contributed by atoms with Crippen molar-refractivity contribution in [2.45, 2.75) is 36.6 Å². The van der Waals surface area contributed by atoms with E-state index in [0.717, 1.165) is 30.8 Å². The maximum Gasteiger partial charge on any atom is 0.242 e. The first-order chi connectivity index (χ1) is 14.8. The molecule has 0 spiro atoms. The van der Waals surface area contributed by atoms with Crippen LogP contribution >= 0.6 is 22.9 Å². The number of pyridine rings is 1. The van der Waals surface area contributed by atoms with Crippen molar-refractivity contribution in [3.8, 4) is 10.6 Å². The number of aromatic nitrogens is 1. The standard InChI is InChI=1S/C20H23ClN4O4S2/c21-18-8-7-17(30-18)15-6-5-14(12-22-15)31(28,29)23-16-4-3-11-25(20(16)27)13-19(26)24-9-1-2-10-24/h5-8,12,16,23H,1-4,9-11,13H2/t16-/m0/s1. The summed E-state index contributed by atoms with van der Waals surface area (Å²) in [6, 6.07) is 5.76. The number of nitrogens with zero attached hydrogens (tertiary/aromatic N) is 3. The molecule has 0 saturated carbocycles. The van der Waals surface area contributed by atoms with Gasteiger partial charge in [-0.3, -0.25) is 14.6 Å². The van der Waals surface area contributed by atoms with Gasteiger partial charge in [0.2, 0.25) is 21.8 Å². The van der Waals surface area contributed by atoms with Crippen LogP contribution in [0.5, 0.6) is 0 Å². The monoisotopic (exact) mass is 482 g/mol. The van der Waals surface area contributed by atoms with Crippen molar-refractivity contribution in [1.82, 2.24) is 19.5 Å². The van der Waals surface area contributed by atoms with Gasteiger partial charge in [0.1, 0.15) is 10.9 Å². The molecule has 0 radical (unpaired) electrons. The van der Waals surface area contributed by atoms with Gasteiger partial charge in [0.05, 0.1) is 21.5 Å². The van der Waals surface area contributed by atoms with Gasteiger partial charge in [0.15, 0.2) is 0 Å². The summed E-state index contributed by atoms with van der Waals surface area (Å²) in [5, 5.41) is 0. The predicted molar refractivity (Wildman–Crippen MR) is 118 cm³/mol. The molecule has 4 heterocycles. The minimum Gasteiger partial charge on any atom is -0.341 e. The van der Waals surface area contributed by atoms with Crippen molar-refractivity contribution in [2.24, 2.45) is 0 Å². The third-order valence-corrected chi connectivity index (χ3v) is 8.20. The van der Waals surface area contributed by atoms with Crippen molar-refractivity contribution in [2.75, 3.05) is 26.2 Å². The van der Waals surface area contributed by atoms with Crippen LogP contribution in [-0.4, -0.2) is 67.2 Å². The van der Waals surface area contributed by atoms with E-state index < -0.39 is 16.1 Å². The second kappa shape index (κ2) is 9.23. The van der Waals surface area contributed by atoms with E-state index in [-0.39, 0.29) is 23.3 Å². The number of nitrogens with one attached hydrogen (secondary N) is 1. The number of hydrogen-bond acceptors (Lipinski definition) is 6. The molecule has 31 heavy (non-hydrogen) atoms. The highest BCUT2D eigenvalue weighted by Gasteiger charge is 2.34. The molecule has 2 aromatic heterocycles. The molecule has 0 aromatic carbocycles. The van der Waals surface area contributed by atoms with E-state index in [1.807, 2.05) is 6.07 Å².